The number of rotatable bonds is 6. The third-order valence-corrected chi connectivity index (χ3v) is 3.57. The van der Waals surface area contributed by atoms with Crippen LogP contribution >= 0.6 is 0 Å². The topological polar surface area (TPSA) is 53.3 Å². The maximum absolute atomic E-state index is 12.4. The SMILES string of the molecule is COCCN(CCC#N)C(=O)C1CCCCCC1. The van der Waals surface area contributed by atoms with E-state index in [9.17, 15) is 4.79 Å². The minimum Gasteiger partial charge on any atom is -0.383 e. The van der Waals surface area contributed by atoms with Gasteiger partial charge in [0.25, 0.3) is 0 Å². The number of carbonyl (C=O) groups is 1. The Morgan fingerprint density at radius 1 is 1.28 bits per heavy atom. The summed E-state index contributed by atoms with van der Waals surface area (Å²) >= 11 is 0. The fourth-order valence-corrected chi connectivity index (χ4v) is 2.50. The lowest BCUT2D eigenvalue weighted by Gasteiger charge is -2.26. The predicted octanol–water partition coefficient (Wildman–Crippen LogP) is 2.35. The van der Waals surface area contributed by atoms with E-state index in [2.05, 4.69) is 6.07 Å². The molecule has 1 saturated carbocycles. The van der Waals surface area contributed by atoms with E-state index in [0.717, 1.165) is 25.7 Å². The third kappa shape index (κ3) is 5.05. The summed E-state index contributed by atoms with van der Waals surface area (Å²) in [5.74, 6) is 0.396. The first-order valence-electron chi connectivity index (χ1n) is 6.94. The first-order chi connectivity index (χ1) is 8.79. The van der Waals surface area contributed by atoms with E-state index in [1.807, 2.05) is 4.90 Å². The summed E-state index contributed by atoms with van der Waals surface area (Å²) in [4.78, 5) is 14.2. The number of ether oxygens (including phenoxy) is 1. The van der Waals surface area contributed by atoms with Crippen LogP contribution in [0.15, 0.2) is 0 Å². The average Bonchev–Trinajstić information content (AvgIpc) is 2.67. The molecule has 0 unspecified atom stereocenters. The zero-order chi connectivity index (χ0) is 13.2. The highest BCUT2D eigenvalue weighted by molar-refractivity contribution is 5.78. The Balaban J connectivity index is 2.52. The van der Waals surface area contributed by atoms with E-state index in [0.29, 0.717) is 26.1 Å². The smallest absolute Gasteiger partial charge is 0.225 e. The molecule has 4 heteroatoms. The molecule has 0 aromatic carbocycles. The van der Waals surface area contributed by atoms with Gasteiger partial charge in [-0.15, -0.1) is 0 Å². The molecule has 4 nitrogen and oxygen atoms in total. The summed E-state index contributed by atoms with van der Waals surface area (Å²) in [5.41, 5.74) is 0. The molecule has 18 heavy (non-hydrogen) atoms. The molecule has 0 aromatic rings. The molecule has 0 spiro atoms. The number of methoxy groups -OCH3 is 1. The number of nitriles is 1. The number of carbonyl (C=O) groups excluding carboxylic acids is 1. The molecule has 0 N–H and O–H groups in total. The van der Waals surface area contributed by atoms with Gasteiger partial charge in [0.2, 0.25) is 5.91 Å². The van der Waals surface area contributed by atoms with Crippen molar-refractivity contribution in [3.8, 4) is 6.07 Å². The zero-order valence-electron chi connectivity index (χ0n) is 11.4. The summed E-state index contributed by atoms with van der Waals surface area (Å²) < 4.78 is 5.04. The lowest BCUT2D eigenvalue weighted by Crippen LogP contribution is -2.38. The van der Waals surface area contributed by atoms with E-state index >= 15 is 0 Å². The quantitative estimate of drug-likeness (QED) is 0.682. The van der Waals surface area contributed by atoms with Gasteiger partial charge in [0.1, 0.15) is 0 Å². The van der Waals surface area contributed by atoms with Gasteiger partial charge in [-0.2, -0.15) is 5.26 Å². The summed E-state index contributed by atoms with van der Waals surface area (Å²) in [6.45, 7) is 1.69. The first kappa shape index (κ1) is 15.0. The maximum Gasteiger partial charge on any atom is 0.225 e. The van der Waals surface area contributed by atoms with E-state index < -0.39 is 0 Å². The predicted molar refractivity (Wildman–Crippen MR) is 69.9 cm³/mol. The fraction of sp³-hybridized carbons (Fsp3) is 0.857. The number of amides is 1. The molecule has 1 aliphatic carbocycles. The second-order valence-corrected chi connectivity index (χ2v) is 4.91. The normalized spacial score (nSPS) is 16.9. The van der Waals surface area contributed by atoms with Gasteiger partial charge in [-0.1, -0.05) is 25.7 Å². The van der Waals surface area contributed by atoms with Crippen LogP contribution in [0.3, 0.4) is 0 Å². The molecule has 102 valence electrons. The van der Waals surface area contributed by atoms with Crippen molar-refractivity contribution >= 4 is 5.91 Å². The second-order valence-electron chi connectivity index (χ2n) is 4.91. The van der Waals surface area contributed by atoms with Gasteiger partial charge in [-0.3, -0.25) is 4.79 Å². The van der Waals surface area contributed by atoms with Gasteiger partial charge in [-0.05, 0) is 12.8 Å². The highest BCUT2D eigenvalue weighted by atomic mass is 16.5. The molecule has 1 amide bonds. The standard InChI is InChI=1S/C14H24N2O2/c1-18-12-11-16(10-6-9-15)14(17)13-7-4-2-3-5-8-13/h13H,2-8,10-12H2,1H3. The fourth-order valence-electron chi connectivity index (χ4n) is 2.50. The van der Waals surface area contributed by atoms with Crippen molar-refractivity contribution in [1.29, 1.82) is 5.26 Å². The minimum atomic E-state index is 0.169. The molecule has 0 aliphatic heterocycles. The average molecular weight is 252 g/mol. The van der Waals surface area contributed by atoms with E-state index in [-0.39, 0.29) is 11.8 Å². The van der Waals surface area contributed by atoms with Crippen LogP contribution in [0.2, 0.25) is 0 Å². The highest BCUT2D eigenvalue weighted by Gasteiger charge is 2.24. The summed E-state index contributed by atoms with van der Waals surface area (Å²) in [7, 11) is 1.64. The maximum atomic E-state index is 12.4. The van der Waals surface area contributed by atoms with Gasteiger partial charge in [0.15, 0.2) is 0 Å². The molecule has 1 fully saturated rings. The van der Waals surface area contributed by atoms with E-state index in [1.165, 1.54) is 12.8 Å². The van der Waals surface area contributed by atoms with Crippen molar-refractivity contribution < 1.29 is 9.53 Å². The largest absolute Gasteiger partial charge is 0.383 e. The Hall–Kier alpha value is -1.08. The van der Waals surface area contributed by atoms with Gasteiger partial charge in [0, 0.05) is 26.1 Å². The van der Waals surface area contributed by atoms with Crippen LogP contribution in [0.25, 0.3) is 0 Å². The Labute approximate surface area is 110 Å². The van der Waals surface area contributed by atoms with Gasteiger partial charge in [0.05, 0.1) is 19.1 Å². The lowest BCUT2D eigenvalue weighted by atomic mass is 9.98. The Morgan fingerprint density at radius 2 is 1.94 bits per heavy atom. The summed E-state index contributed by atoms with van der Waals surface area (Å²) in [5, 5.41) is 8.66. The van der Waals surface area contributed by atoms with Crippen LogP contribution in [0, 0.1) is 17.2 Å². The van der Waals surface area contributed by atoms with Gasteiger partial charge in [-0.25, -0.2) is 0 Å². The Bertz CT molecular complexity index is 278. The third-order valence-electron chi connectivity index (χ3n) is 3.57. The van der Waals surface area contributed by atoms with Crippen molar-refractivity contribution in [1.82, 2.24) is 4.90 Å². The molecule has 0 atom stereocenters. The number of nitrogens with zero attached hydrogens (tertiary/aromatic N) is 2. The summed E-state index contributed by atoms with van der Waals surface area (Å²) in [6, 6.07) is 2.11. The molecular weight excluding hydrogens is 228 g/mol. The molecule has 1 rings (SSSR count). The van der Waals surface area contributed by atoms with Crippen molar-refractivity contribution in [2.24, 2.45) is 5.92 Å². The van der Waals surface area contributed by atoms with E-state index in [4.69, 9.17) is 10.00 Å². The molecule has 0 heterocycles. The Kier molecular flexibility index (Phi) is 7.43. The molecule has 0 aromatic heterocycles. The molecule has 0 bridgehead atoms. The lowest BCUT2D eigenvalue weighted by molar-refractivity contribution is -0.136. The molecule has 1 aliphatic rings. The minimum absolute atomic E-state index is 0.169. The van der Waals surface area contributed by atoms with Crippen LogP contribution < -0.4 is 0 Å². The zero-order valence-corrected chi connectivity index (χ0v) is 11.4. The molecule has 0 saturated heterocycles. The monoisotopic (exact) mass is 252 g/mol. The van der Waals surface area contributed by atoms with Crippen molar-refractivity contribution in [3.05, 3.63) is 0 Å². The van der Waals surface area contributed by atoms with Crippen molar-refractivity contribution in [2.75, 3.05) is 26.8 Å². The van der Waals surface area contributed by atoms with Crippen molar-refractivity contribution in [3.63, 3.8) is 0 Å². The van der Waals surface area contributed by atoms with Crippen molar-refractivity contribution in [2.45, 2.75) is 44.9 Å². The number of hydrogen-bond donors (Lipinski definition) is 0. The van der Waals surface area contributed by atoms with Gasteiger partial charge >= 0.3 is 0 Å². The summed E-state index contributed by atoms with van der Waals surface area (Å²) in [6.07, 6.45) is 7.24. The van der Waals surface area contributed by atoms with E-state index in [1.54, 1.807) is 7.11 Å². The van der Waals surface area contributed by atoms with Crippen LogP contribution in [0.4, 0.5) is 0 Å². The Morgan fingerprint density at radius 3 is 2.50 bits per heavy atom. The second kappa shape index (κ2) is 8.93. The van der Waals surface area contributed by atoms with Crippen LogP contribution in [0.5, 0.6) is 0 Å². The molecule has 0 radical (unpaired) electrons. The number of hydrogen-bond acceptors (Lipinski definition) is 3. The van der Waals surface area contributed by atoms with Crippen LogP contribution in [-0.2, 0) is 9.53 Å². The van der Waals surface area contributed by atoms with Gasteiger partial charge < -0.3 is 9.64 Å². The van der Waals surface area contributed by atoms with Crippen LogP contribution in [0.1, 0.15) is 44.9 Å². The molecular formula is C14H24N2O2. The van der Waals surface area contributed by atoms with Crippen LogP contribution in [-0.4, -0.2) is 37.6 Å². The highest BCUT2D eigenvalue weighted by Crippen LogP contribution is 2.24. The first-order valence-corrected chi connectivity index (χ1v) is 6.94.